The lowest BCUT2D eigenvalue weighted by molar-refractivity contribution is -0.120. The Bertz CT molecular complexity index is 182. The summed E-state index contributed by atoms with van der Waals surface area (Å²) >= 11 is 6.35. The Morgan fingerprint density at radius 2 is 2.23 bits per heavy atom. The Hall–Kier alpha value is -0.0900. The van der Waals surface area contributed by atoms with E-state index in [1.54, 1.807) is 0 Å². The summed E-state index contributed by atoms with van der Waals surface area (Å²) in [6.07, 6.45) is 2.15. The first-order chi connectivity index (χ1) is 6.07. The van der Waals surface area contributed by atoms with Crippen LogP contribution in [0.2, 0.25) is 0 Å². The lowest BCUT2D eigenvalue weighted by atomic mass is 10.3. The monoisotopic (exact) mass is 219 g/mol. The molecule has 1 N–H and O–H groups in total. The van der Waals surface area contributed by atoms with Crippen molar-refractivity contribution < 1.29 is 4.79 Å². The first-order valence-corrected chi connectivity index (χ1v) is 5.81. The summed E-state index contributed by atoms with van der Waals surface area (Å²) in [5.74, 6) is 0.0858. The van der Waals surface area contributed by atoms with E-state index >= 15 is 0 Å². The molecule has 0 radical (unpaired) electrons. The van der Waals surface area contributed by atoms with Gasteiger partial charge in [-0.1, -0.05) is 25.6 Å². The van der Waals surface area contributed by atoms with Gasteiger partial charge in [-0.3, -0.25) is 4.79 Å². The van der Waals surface area contributed by atoms with Crippen molar-refractivity contribution in [3.05, 3.63) is 0 Å². The van der Waals surface area contributed by atoms with Crippen LogP contribution in [0.1, 0.15) is 33.6 Å². The number of hydrogen-bond acceptors (Lipinski definition) is 3. The molecule has 0 fully saturated rings. The molecule has 0 aliphatic rings. The number of carbonyl (C=O) groups excluding carboxylic acids is 1. The minimum absolute atomic E-state index is 0.0608. The van der Waals surface area contributed by atoms with Crippen molar-refractivity contribution in [2.24, 2.45) is 0 Å². The van der Waals surface area contributed by atoms with Crippen molar-refractivity contribution >= 4 is 34.1 Å². The molecule has 0 bridgehead atoms. The number of nitrogens with one attached hydrogen (secondary N) is 1. The van der Waals surface area contributed by atoms with Gasteiger partial charge in [-0.2, -0.15) is 0 Å². The third-order valence-electron chi connectivity index (χ3n) is 1.54. The van der Waals surface area contributed by atoms with Gasteiger partial charge >= 0.3 is 0 Å². The van der Waals surface area contributed by atoms with Crippen LogP contribution in [0.4, 0.5) is 0 Å². The normalized spacial score (nSPS) is 12.2. The molecule has 0 aromatic carbocycles. The number of carbonyl (C=O) groups is 1. The quantitative estimate of drug-likeness (QED) is 0.568. The van der Waals surface area contributed by atoms with Crippen LogP contribution in [-0.4, -0.2) is 21.9 Å². The van der Waals surface area contributed by atoms with E-state index in [0.29, 0.717) is 0 Å². The summed E-state index contributed by atoms with van der Waals surface area (Å²) in [4.78, 5) is 11.4. The van der Waals surface area contributed by atoms with Gasteiger partial charge < -0.3 is 5.32 Å². The van der Waals surface area contributed by atoms with Crippen LogP contribution >= 0.6 is 24.0 Å². The molecule has 0 rings (SSSR count). The summed E-state index contributed by atoms with van der Waals surface area (Å²) in [6, 6.07) is 0. The highest BCUT2D eigenvalue weighted by Gasteiger charge is 2.12. The zero-order valence-electron chi connectivity index (χ0n) is 8.42. The molecule has 0 saturated carbocycles. The molecule has 2 nitrogen and oxygen atoms in total. The zero-order chi connectivity index (χ0) is 10.3. The maximum Gasteiger partial charge on any atom is 0.233 e. The van der Waals surface area contributed by atoms with Gasteiger partial charge in [0.15, 0.2) is 0 Å². The molecule has 4 heteroatoms. The van der Waals surface area contributed by atoms with Gasteiger partial charge in [0.05, 0.1) is 5.25 Å². The molecule has 0 aromatic rings. The molecule has 1 unspecified atom stereocenters. The SMILES string of the molecule is CCCCNC(=O)C(C)SC(C)=S. The first kappa shape index (κ1) is 12.9. The van der Waals surface area contributed by atoms with Gasteiger partial charge in [0.1, 0.15) is 0 Å². The van der Waals surface area contributed by atoms with E-state index in [-0.39, 0.29) is 11.2 Å². The van der Waals surface area contributed by atoms with Crippen LogP contribution in [0.3, 0.4) is 0 Å². The van der Waals surface area contributed by atoms with Crippen molar-refractivity contribution in [2.45, 2.75) is 38.9 Å². The standard InChI is InChI=1S/C9H17NOS2/c1-4-5-6-10-9(11)7(2)13-8(3)12/h7H,4-6H2,1-3H3,(H,10,11). The molecule has 0 heterocycles. The summed E-state index contributed by atoms with van der Waals surface area (Å²) in [5, 5.41) is 2.81. The lowest BCUT2D eigenvalue weighted by Crippen LogP contribution is -2.31. The highest BCUT2D eigenvalue weighted by atomic mass is 32.2. The number of thioether (sulfide) groups is 1. The second-order valence-electron chi connectivity index (χ2n) is 2.90. The van der Waals surface area contributed by atoms with Crippen LogP contribution < -0.4 is 5.32 Å². The van der Waals surface area contributed by atoms with Gasteiger partial charge in [0.2, 0.25) is 5.91 Å². The van der Waals surface area contributed by atoms with Crippen molar-refractivity contribution in [3.63, 3.8) is 0 Å². The zero-order valence-corrected chi connectivity index (χ0v) is 10.1. The van der Waals surface area contributed by atoms with E-state index in [1.165, 1.54) is 11.8 Å². The van der Waals surface area contributed by atoms with Crippen molar-refractivity contribution in [2.75, 3.05) is 6.54 Å². The van der Waals surface area contributed by atoms with Gasteiger partial charge in [-0.05, 0) is 20.3 Å². The summed E-state index contributed by atoms with van der Waals surface area (Å²) in [5.41, 5.74) is 0. The molecule has 0 spiro atoms. The van der Waals surface area contributed by atoms with E-state index in [0.717, 1.165) is 23.6 Å². The third kappa shape index (κ3) is 7.02. The molecule has 0 saturated heterocycles. The van der Waals surface area contributed by atoms with Gasteiger partial charge in [-0.15, -0.1) is 11.8 Å². The van der Waals surface area contributed by atoms with E-state index < -0.39 is 0 Å². The summed E-state index contributed by atoms with van der Waals surface area (Å²) < 4.78 is 0.818. The van der Waals surface area contributed by atoms with E-state index in [9.17, 15) is 4.79 Å². The molecule has 0 aliphatic heterocycles. The lowest BCUT2D eigenvalue weighted by Gasteiger charge is -2.10. The van der Waals surface area contributed by atoms with Crippen LogP contribution in [0.15, 0.2) is 0 Å². The highest BCUT2D eigenvalue weighted by molar-refractivity contribution is 8.23. The van der Waals surface area contributed by atoms with Crippen LogP contribution in [-0.2, 0) is 4.79 Å². The van der Waals surface area contributed by atoms with E-state index in [2.05, 4.69) is 12.2 Å². The fraction of sp³-hybridized carbons (Fsp3) is 0.778. The molecule has 0 aromatic heterocycles. The molecule has 1 atom stereocenters. The van der Waals surface area contributed by atoms with Crippen molar-refractivity contribution in [1.82, 2.24) is 5.32 Å². The molecule has 13 heavy (non-hydrogen) atoms. The third-order valence-corrected chi connectivity index (χ3v) is 2.73. The molecular weight excluding hydrogens is 202 g/mol. The Labute approximate surface area is 89.9 Å². The number of rotatable bonds is 5. The minimum atomic E-state index is -0.0608. The van der Waals surface area contributed by atoms with Crippen LogP contribution in [0, 0.1) is 0 Å². The smallest absolute Gasteiger partial charge is 0.233 e. The van der Waals surface area contributed by atoms with E-state index in [4.69, 9.17) is 12.2 Å². The average molecular weight is 219 g/mol. The Kier molecular flexibility index (Phi) is 7.28. The average Bonchev–Trinajstić information content (AvgIpc) is 2.03. The highest BCUT2D eigenvalue weighted by Crippen LogP contribution is 2.12. The fourth-order valence-corrected chi connectivity index (χ4v) is 1.96. The maximum absolute atomic E-state index is 11.4. The van der Waals surface area contributed by atoms with Gasteiger partial charge in [0.25, 0.3) is 0 Å². The second-order valence-corrected chi connectivity index (χ2v) is 5.32. The molecule has 1 amide bonds. The molecular formula is C9H17NOS2. The Morgan fingerprint density at radius 1 is 1.62 bits per heavy atom. The largest absolute Gasteiger partial charge is 0.355 e. The molecule has 76 valence electrons. The number of thiocarbonyl (C=S) groups is 1. The van der Waals surface area contributed by atoms with Crippen LogP contribution in [0.25, 0.3) is 0 Å². The summed E-state index contributed by atoms with van der Waals surface area (Å²) in [6.45, 7) is 6.60. The van der Waals surface area contributed by atoms with Crippen molar-refractivity contribution in [3.8, 4) is 0 Å². The Balaban J connectivity index is 3.63. The predicted molar refractivity (Wildman–Crippen MR) is 63.2 cm³/mol. The molecule has 0 aliphatic carbocycles. The van der Waals surface area contributed by atoms with Gasteiger partial charge in [-0.25, -0.2) is 0 Å². The van der Waals surface area contributed by atoms with Gasteiger partial charge in [0, 0.05) is 10.7 Å². The number of hydrogen-bond donors (Lipinski definition) is 1. The second kappa shape index (κ2) is 7.33. The van der Waals surface area contributed by atoms with Crippen LogP contribution in [0.5, 0.6) is 0 Å². The minimum Gasteiger partial charge on any atom is -0.355 e. The fourth-order valence-electron chi connectivity index (χ4n) is 0.835. The topological polar surface area (TPSA) is 29.1 Å². The first-order valence-electron chi connectivity index (χ1n) is 4.52. The van der Waals surface area contributed by atoms with E-state index in [1.807, 2.05) is 13.8 Å². The van der Waals surface area contributed by atoms with Crippen molar-refractivity contribution in [1.29, 1.82) is 0 Å². The Morgan fingerprint density at radius 3 is 2.69 bits per heavy atom. The summed E-state index contributed by atoms with van der Waals surface area (Å²) in [7, 11) is 0. The predicted octanol–water partition coefficient (Wildman–Crippen LogP) is 2.37. The maximum atomic E-state index is 11.4. The number of unbranched alkanes of at least 4 members (excludes halogenated alkanes) is 1. The number of amides is 1.